The molecule has 0 aromatic heterocycles. The smallest absolute Gasteiger partial charge is 0.0947 e. The molecule has 1 N–H and O–H groups in total. The van der Waals surface area contributed by atoms with Crippen LogP contribution in [-0.2, 0) is 18.4 Å². The van der Waals surface area contributed by atoms with Gasteiger partial charge in [-0.3, -0.25) is 0 Å². The number of aliphatic hydroxyl groups is 1. The number of hydrogen-bond donors (Lipinski definition) is 1. The van der Waals surface area contributed by atoms with Crippen molar-refractivity contribution in [1.82, 2.24) is 0 Å². The summed E-state index contributed by atoms with van der Waals surface area (Å²) in [6.45, 7) is 4.40. The van der Waals surface area contributed by atoms with Crippen LogP contribution in [-0.4, -0.2) is 5.11 Å². The van der Waals surface area contributed by atoms with Crippen LogP contribution in [0.5, 0.6) is 0 Å². The lowest BCUT2D eigenvalue weighted by Gasteiger charge is -2.37. The predicted octanol–water partition coefficient (Wildman–Crippen LogP) is 3.57. The molecule has 3 rings (SSSR count). The number of rotatable bonds is 1. The van der Waals surface area contributed by atoms with Crippen LogP contribution in [0.4, 0.5) is 0 Å². The van der Waals surface area contributed by atoms with Crippen LogP contribution < -0.4 is 0 Å². The van der Waals surface area contributed by atoms with Gasteiger partial charge in [-0.2, -0.15) is 0 Å². The molecule has 92 valence electrons. The lowest BCUT2D eigenvalue weighted by Crippen LogP contribution is -2.37. The highest BCUT2D eigenvalue weighted by molar-refractivity contribution is 5.39. The van der Waals surface area contributed by atoms with Crippen LogP contribution in [0.25, 0.3) is 0 Å². The average Bonchev–Trinajstić information content (AvgIpc) is 2.84. The molecule has 1 atom stereocenters. The zero-order valence-corrected chi connectivity index (χ0v) is 10.9. The molecule has 1 saturated carbocycles. The van der Waals surface area contributed by atoms with Crippen molar-refractivity contribution < 1.29 is 5.11 Å². The van der Waals surface area contributed by atoms with Crippen LogP contribution in [0.1, 0.15) is 56.2 Å². The summed E-state index contributed by atoms with van der Waals surface area (Å²) in [4.78, 5) is 0. The standard InChI is InChI=1S/C16H22O/c1-15(2)9-4-10-16(15,17)14-8-7-12-5-3-6-13(12)11-14/h7-8,11,17H,3-6,9-10H2,1-2H3. The van der Waals surface area contributed by atoms with E-state index in [1.165, 1.54) is 30.4 Å². The van der Waals surface area contributed by atoms with Gasteiger partial charge in [-0.1, -0.05) is 32.0 Å². The van der Waals surface area contributed by atoms with E-state index in [9.17, 15) is 5.11 Å². The fraction of sp³-hybridized carbons (Fsp3) is 0.625. The molecule has 0 bridgehead atoms. The summed E-state index contributed by atoms with van der Waals surface area (Å²) in [5, 5.41) is 11.0. The second kappa shape index (κ2) is 3.58. The zero-order valence-electron chi connectivity index (χ0n) is 10.9. The number of hydrogen-bond acceptors (Lipinski definition) is 1. The number of fused-ring (bicyclic) bond motifs is 1. The van der Waals surface area contributed by atoms with E-state index >= 15 is 0 Å². The largest absolute Gasteiger partial charge is 0.385 e. The van der Waals surface area contributed by atoms with Crippen LogP contribution in [0.2, 0.25) is 0 Å². The molecule has 1 aromatic carbocycles. The molecule has 0 saturated heterocycles. The predicted molar refractivity (Wildman–Crippen MR) is 70.0 cm³/mol. The molecule has 0 spiro atoms. The highest BCUT2D eigenvalue weighted by Crippen LogP contribution is 2.52. The SMILES string of the molecule is CC1(C)CCCC1(O)c1ccc2c(c1)CCC2. The summed E-state index contributed by atoms with van der Waals surface area (Å²) < 4.78 is 0. The van der Waals surface area contributed by atoms with Gasteiger partial charge in [0.15, 0.2) is 0 Å². The van der Waals surface area contributed by atoms with Crippen molar-refractivity contribution >= 4 is 0 Å². The van der Waals surface area contributed by atoms with E-state index in [0.29, 0.717) is 0 Å². The van der Waals surface area contributed by atoms with Gasteiger partial charge in [-0.25, -0.2) is 0 Å². The molecule has 1 nitrogen and oxygen atoms in total. The quantitative estimate of drug-likeness (QED) is 0.782. The molecule has 2 aliphatic rings. The molecule has 0 aliphatic heterocycles. The molecule has 17 heavy (non-hydrogen) atoms. The second-order valence-electron chi connectivity index (χ2n) is 6.43. The summed E-state index contributed by atoms with van der Waals surface area (Å²) in [5.74, 6) is 0. The molecule has 0 amide bonds. The van der Waals surface area contributed by atoms with E-state index < -0.39 is 5.60 Å². The second-order valence-corrected chi connectivity index (χ2v) is 6.43. The third-order valence-corrected chi connectivity index (χ3v) is 5.04. The third kappa shape index (κ3) is 1.55. The monoisotopic (exact) mass is 230 g/mol. The average molecular weight is 230 g/mol. The van der Waals surface area contributed by atoms with Crippen molar-refractivity contribution in [2.75, 3.05) is 0 Å². The molecule has 0 heterocycles. The van der Waals surface area contributed by atoms with E-state index in [4.69, 9.17) is 0 Å². The van der Waals surface area contributed by atoms with Crippen LogP contribution in [0, 0.1) is 5.41 Å². The fourth-order valence-electron chi connectivity index (χ4n) is 3.70. The minimum atomic E-state index is -0.607. The van der Waals surface area contributed by atoms with Gasteiger partial charge in [0.1, 0.15) is 0 Å². The zero-order chi connectivity index (χ0) is 12.1. The van der Waals surface area contributed by atoms with Crippen molar-refractivity contribution in [1.29, 1.82) is 0 Å². The Hall–Kier alpha value is -0.820. The first-order valence-electron chi connectivity index (χ1n) is 6.88. The maximum atomic E-state index is 11.0. The first-order valence-corrected chi connectivity index (χ1v) is 6.88. The van der Waals surface area contributed by atoms with Gasteiger partial charge in [0, 0.05) is 0 Å². The van der Waals surface area contributed by atoms with Crippen LogP contribution >= 0.6 is 0 Å². The van der Waals surface area contributed by atoms with Crippen molar-refractivity contribution in [2.45, 2.75) is 58.0 Å². The van der Waals surface area contributed by atoms with Gasteiger partial charge >= 0.3 is 0 Å². The topological polar surface area (TPSA) is 20.2 Å². The minimum Gasteiger partial charge on any atom is -0.385 e. The van der Waals surface area contributed by atoms with Crippen molar-refractivity contribution in [3.8, 4) is 0 Å². The highest BCUT2D eigenvalue weighted by atomic mass is 16.3. The minimum absolute atomic E-state index is 0.0137. The molecule has 1 aromatic rings. The van der Waals surface area contributed by atoms with Gasteiger partial charge in [0.05, 0.1) is 5.60 Å². The Bertz CT molecular complexity index is 447. The summed E-state index contributed by atoms with van der Waals surface area (Å²) in [7, 11) is 0. The Morgan fingerprint density at radius 1 is 1.00 bits per heavy atom. The van der Waals surface area contributed by atoms with Gasteiger partial charge in [0.2, 0.25) is 0 Å². The number of aryl methyl sites for hydroxylation is 2. The fourth-order valence-corrected chi connectivity index (χ4v) is 3.70. The molecule has 1 fully saturated rings. The maximum absolute atomic E-state index is 11.0. The Morgan fingerprint density at radius 3 is 2.47 bits per heavy atom. The molecular formula is C16H22O. The Kier molecular flexibility index (Phi) is 2.38. The summed E-state index contributed by atoms with van der Waals surface area (Å²) in [6.07, 6.45) is 6.87. The van der Waals surface area contributed by atoms with E-state index in [1.807, 2.05) is 0 Å². The van der Waals surface area contributed by atoms with Crippen molar-refractivity contribution in [2.24, 2.45) is 5.41 Å². The van der Waals surface area contributed by atoms with Gasteiger partial charge in [0.25, 0.3) is 0 Å². The first kappa shape index (κ1) is 11.3. The molecule has 1 heteroatoms. The van der Waals surface area contributed by atoms with Gasteiger partial charge in [-0.05, 0) is 60.6 Å². The van der Waals surface area contributed by atoms with Crippen molar-refractivity contribution in [3.63, 3.8) is 0 Å². The molecular weight excluding hydrogens is 208 g/mol. The van der Waals surface area contributed by atoms with E-state index in [-0.39, 0.29) is 5.41 Å². The van der Waals surface area contributed by atoms with E-state index in [2.05, 4.69) is 32.0 Å². The van der Waals surface area contributed by atoms with Gasteiger partial charge < -0.3 is 5.11 Å². The molecule has 2 aliphatic carbocycles. The van der Waals surface area contributed by atoms with E-state index in [1.54, 1.807) is 0 Å². The lowest BCUT2D eigenvalue weighted by molar-refractivity contribution is -0.0485. The Morgan fingerprint density at radius 2 is 1.76 bits per heavy atom. The molecule has 0 radical (unpaired) electrons. The van der Waals surface area contributed by atoms with Gasteiger partial charge in [-0.15, -0.1) is 0 Å². The van der Waals surface area contributed by atoms with Crippen LogP contribution in [0.3, 0.4) is 0 Å². The molecule has 1 unspecified atom stereocenters. The summed E-state index contributed by atoms with van der Waals surface area (Å²) in [6, 6.07) is 6.68. The normalized spacial score (nSPS) is 30.5. The third-order valence-electron chi connectivity index (χ3n) is 5.04. The van der Waals surface area contributed by atoms with E-state index in [0.717, 1.165) is 24.8 Å². The highest BCUT2D eigenvalue weighted by Gasteiger charge is 2.48. The maximum Gasteiger partial charge on any atom is 0.0947 e. The first-order chi connectivity index (χ1) is 8.03. The van der Waals surface area contributed by atoms with Crippen LogP contribution in [0.15, 0.2) is 18.2 Å². The summed E-state index contributed by atoms with van der Waals surface area (Å²) >= 11 is 0. The number of benzene rings is 1. The summed E-state index contributed by atoms with van der Waals surface area (Å²) in [5.41, 5.74) is 3.53. The Labute approximate surface area is 104 Å². The van der Waals surface area contributed by atoms with Crippen molar-refractivity contribution in [3.05, 3.63) is 34.9 Å². The lowest BCUT2D eigenvalue weighted by atomic mass is 9.73. The Balaban J connectivity index is 2.04.